The summed E-state index contributed by atoms with van der Waals surface area (Å²) in [5.74, 6) is -4.58. The van der Waals surface area contributed by atoms with Gasteiger partial charge in [-0.15, -0.1) is 0 Å². The maximum absolute atomic E-state index is 13.0. The van der Waals surface area contributed by atoms with Gasteiger partial charge in [0, 0.05) is 18.6 Å². The van der Waals surface area contributed by atoms with E-state index >= 15 is 0 Å². The van der Waals surface area contributed by atoms with Gasteiger partial charge in [-0.25, -0.2) is 4.79 Å². The van der Waals surface area contributed by atoms with Crippen molar-refractivity contribution in [2.24, 2.45) is 17.4 Å². The van der Waals surface area contributed by atoms with Crippen molar-refractivity contribution in [3.05, 3.63) is 29.8 Å². The molecule has 0 aliphatic heterocycles. The summed E-state index contributed by atoms with van der Waals surface area (Å²) in [5, 5.41) is 26.1. The Labute approximate surface area is 208 Å². The molecule has 194 valence electrons. The third-order valence-electron chi connectivity index (χ3n) is 5.09. The van der Waals surface area contributed by atoms with Gasteiger partial charge in [0.05, 0.1) is 6.04 Å². The minimum Gasteiger partial charge on any atom is -0.508 e. The normalized spacial score (nSPS) is 14.3. The number of hydrogen-bond acceptors (Lipinski definition) is 8. The Kier molecular flexibility index (Phi) is 12.0. The standard InChI is InChI=1S/C22H33N5O7S/c1-11(2)18(22(33)34)27-21(32)16(10-35)26-20(31)15(9-12-3-5-13(28)6-4-12)25-19(30)14(23)7-8-17(24)29/h3-6,11,14-16,18,28,35H,7-10,23H2,1-2H3,(H2,24,29)(H,25,30)(H,26,31)(H,27,32)(H,33,34). The van der Waals surface area contributed by atoms with Crippen LogP contribution < -0.4 is 27.4 Å². The number of carboxylic acids is 1. The molecule has 0 aliphatic carbocycles. The number of benzene rings is 1. The zero-order valence-electron chi connectivity index (χ0n) is 19.6. The zero-order valence-corrected chi connectivity index (χ0v) is 20.5. The van der Waals surface area contributed by atoms with Crippen LogP contribution in [-0.2, 0) is 30.4 Å². The molecule has 0 spiro atoms. The third-order valence-corrected chi connectivity index (χ3v) is 5.46. The Morgan fingerprint density at radius 3 is 1.97 bits per heavy atom. The molecule has 0 aromatic heterocycles. The average molecular weight is 512 g/mol. The number of rotatable bonds is 14. The van der Waals surface area contributed by atoms with E-state index in [9.17, 15) is 34.2 Å². The molecule has 4 atom stereocenters. The van der Waals surface area contributed by atoms with Gasteiger partial charge in [0.25, 0.3) is 0 Å². The van der Waals surface area contributed by atoms with Crippen LogP contribution in [0.25, 0.3) is 0 Å². The van der Waals surface area contributed by atoms with Crippen LogP contribution in [0.3, 0.4) is 0 Å². The highest BCUT2D eigenvalue weighted by atomic mass is 32.1. The molecule has 0 saturated carbocycles. The molecule has 1 aromatic carbocycles. The molecular formula is C22H33N5O7S. The van der Waals surface area contributed by atoms with E-state index in [0.717, 1.165) is 0 Å². The number of aromatic hydroxyl groups is 1. The number of thiol groups is 1. The Hall–Kier alpha value is -3.32. The summed E-state index contributed by atoms with van der Waals surface area (Å²) < 4.78 is 0. The second-order valence-electron chi connectivity index (χ2n) is 8.36. The molecule has 0 radical (unpaired) electrons. The Morgan fingerprint density at radius 1 is 0.943 bits per heavy atom. The number of carbonyl (C=O) groups is 5. The molecule has 0 fully saturated rings. The van der Waals surface area contributed by atoms with Crippen molar-refractivity contribution in [1.82, 2.24) is 16.0 Å². The average Bonchev–Trinajstić information content (AvgIpc) is 2.79. The molecule has 9 N–H and O–H groups in total. The highest BCUT2D eigenvalue weighted by Gasteiger charge is 2.31. The van der Waals surface area contributed by atoms with E-state index in [1.54, 1.807) is 26.0 Å². The summed E-state index contributed by atoms with van der Waals surface area (Å²) in [4.78, 5) is 60.6. The van der Waals surface area contributed by atoms with Gasteiger partial charge >= 0.3 is 5.97 Å². The lowest BCUT2D eigenvalue weighted by Crippen LogP contribution is -2.58. The Balaban J connectivity index is 3.02. The van der Waals surface area contributed by atoms with Crippen LogP contribution in [0.15, 0.2) is 24.3 Å². The van der Waals surface area contributed by atoms with Crippen LogP contribution >= 0.6 is 12.6 Å². The number of nitrogens with one attached hydrogen (secondary N) is 3. The Morgan fingerprint density at radius 2 is 1.49 bits per heavy atom. The maximum Gasteiger partial charge on any atom is 0.326 e. The summed E-state index contributed by atoms with van der Waals surface area (Å²) in [6, 6.07) is 1.28. The van der Waals surface area contributed by atoms with Crippen LogP contribution in [0.5, 0.6) is 5.75 Å². The summed E-state index contributed by atoms with van der Waals surface area (Å²) in [7, 11) is 0. The Bertz CT molecular complexity index is 910. The van der Waals surface area contributed by atoms with Gasteiger partial charge in [-0.2, -0.15) is 12.6 Å². The van der Waals surface area contributed by atoms with Crippen LogP contribution in [0.4, 0.5) is 0 Å². The van der Waals surface area contributed by atoms with Crippen LogP contribution in [0.2, 0.25) is 0 Å². The minimum absolute atomic E-state index is 0.00888. The topological polar surface area (TPSA) is 214 Å². The predicted molar refractivity (Wildman–Crippen MR) is 130 cm³/mol. The quantitative estimate of drug-likeness (QED) is 0.139. The van der Waals surface area contributed by atoms with Gasteiger partial charge in [0.15, 0.2) is 0 Å². The SMILES string of the molecule is CC(C)C(NC(=O)C(CS)NC(=O)C(Cc1ccc(O)cc1)NC(=O)C(N)CCC(N)=O)C(=O)O. The van der Waals surface area contributed by atoms with Gasteiger partial charge < -0.3 is 37.6 Å². The molecule has 4 unspecified atom stereocenters. The molecule has 0 heterocycles. The van der Waals surface area contributed by atoms with E-state index in [0.29, 0.717) is 5.56 Å². The summed E-state index contributed by atoms with van der Waals surface area (Å²) >= 11 is 4.08. The van der Waals surface area contributed by atoms with Crippen molar-refractivity contribution >= 4 is 42.2 Å². The largest absolute Gasteiger partial charge is 0.508 e. The molecular weight excluding hydrogens is 478 g/mol. The number of carbonyl (C=O) groups excluding carboxylic acids is 4. The fourth-order valence-corrected chi connectivity index (χ4v) is 3.28. The number of aliphatic carboxylic acids is 1. The molecule has 1 aromatic rings. The van der Waals surface area contributed by atoms with Crippen LogP contribution in [0, 0.1) is 5.92 Å². The number of hydrogen-bond donors (Lipinski definition) is 8. The van der Waals surface area contributed by atoms with Crippen molar-refractivity contribution in [2.75, 3.05) is 5.75 Å². The molecule has 4 amide bonds. The fraction of sp³-hybridized carbons (Fsp3) is 0.500. The number of phenolic OH excluding ortho intramolecular Hbond substituents is 1. The molecule has 1 rings (SSSR count). The number of nitrogens with two attached hydrogens (primary N) is 2. The number of carboxylic acid groups (broad SMARTS) is 1. The summed E-state index contributed by atoms with van der Waals surface area (Å²) in [5.41, 5.74) is 11.5. The molecule has 0 aliphatic rings. The van der Waals surface area contributed by atoms with E-state index in [-0.39, 0.29) is 30.8 Å². The van der Waals surface area contributed by atoms with Gasteiger partial charge in [-0.05, 0) is 30.0 Å². The van der Waals surface area contributed by atoms with Crippen LogP contribution in [-0.4, -0.2) is 69.7 Å². The molecule has 13 heteroatoms. The first-order valence-corrected chi connectivity index (χ1v) is 11.6. The van der Waals surface area contributed by atoms with Crippen LogP contribution in [0.1, 0.15) is 32.3 Å². The maximum atomic E-state index is 13.0. The van der Waals surface area contributed by atoms with Gasteiger partial charge in [0.2, 0.25) is 23.6 Å². The number of amides is 4. The lowest BCUT2D eigenvalue weighted by Gasteiger charge is -2.25. The molecule has 0 saturated heterocycles. The smallest absolute Gasteiger partial charge is 0.326 e. The molecule has 12 nitrogen and oxygen atoms in total. The zero-order chi connectivity index (χ0) is 26.7. The van der Waals surface area contributed by atoms with Crippen molar-refractivity contribution in [2.45, 2.75) is 57.3 Å². The van der Waals surface area contributed by atoms with Gasteiger partial charge in [-0.1, -0.05) is 26.0 Å². The first kappa shape index (κ1) is 29.7. The first-order chi connectivity index (χ1) is 16.3. The highest BCUT2D eigenvalue weighted by molar-refractivity contribution is 7.80. The van der Waals surface area contributed by atoms with Crippen molar-refractivity contribution < 1.29 is 34.2 Å². The summed E-state index contributed by atoms with van der Waals surface area (Å²) in [6.45, 7) is 3.25. The van der Waals surface area contributed by atoms with Gasteiger partial charge in [-0.3, -0.25) is 19.2 Å². The minimum atomic E-state index is -1.22. The first-order valence-electron chi connectivity index (χ1n) is 10.9. The van der Waals surface area contributed by atoms with Crippen molar-refractivity contribution in [3.63, 3.8) is 0 Å². The molecule has 0 bridgehead atoms. The van der Waals surface area contributed by atoms with E-state index < -0.39 is 59.7 Å². The fourth-order valence-electron chi connectivity index (χ4n) is 3.02. The predicted octanol–water partition coefficient (Wildman–Crippen LogP) is -1.35. The number of primary amides is 1. The van der Waals surface area contributed by atoms with E-state index in [1.807, 2.05) is 0 Å². The number of phenols is 1. The summed E-state index contributed by atoms with van der Waals surface area (Å²) in [6.07, 6.45) is -0.154. The van der Waals surface area contributed by atoms with Crippen molar-refractivity contribution in [1.29, 1.82) is 0 Å². The molecule has 35 heavy (non-hydrogen) atoms. The monoisotopic (exact) mass is 511 g/mol. The van der Waals surface area contributed by atoms with E-state index in [4.69, 9.17) is 11.5 Å². The lowest BCUT2D eigenvalue weighted by molar-refractivity contribution is -0.143. The lowest BCUT2D eigenvalue weighted by atomic mass is 10.0. The van der Waals surface area contributed by atoms with E-state index in [2.05, 4.69) is 28.6 Å². The van der Waals surface area contributed by atoms with E-state index in [1.165, 1.54) is 12.1 Å². The second-order valence-corrected chi connectivity index (χ2v) is 8.72. The van der Waals surface area contributed by atoms with Gasteiger partial charge in [0.1, 0.15) is 23.9 Å². The highest BCUT2D eigenvalue weighted by Crippen LogP contribution is 2.12. The second kappa shape index (κ2) is 14.2. The third kappa shape index (κ3) is 10.2. The van der Waals surface area contributed by atoms with Crippen molar-refractivity contribution in [3.8, 4) is 5.75 Å².